The summed E-state index contributed by atoms with van der Waals surface area (Å²) in [6, 6.07) is 5.40. The van der Waals surface area contributed by atoms with E-state index in [1.54, 1.807) is 12.1 Å². The maximum atomic E-state index is 8.47. The van der Waals surface area contributed by atoms with E-state index < -0.39 is 0 Å². The summed E-state index contributed by atoms with van der Waals surface area (Å²) in [6.45, 7) is 5.82. The first-order valence-electron chi connectivity index (χ1n) is 3.87. The lowest BCUT2D eigenvalue weighted by Gasteiger charge is -1.95. The molecule has 0 aliphatic rings. The van der Waals surface area contributed by atoms with Crippen LogP contribution in [0.1, 0.15) is 25.1 Å². The van der Waals surface area contributed by atoms with Crippen molar-refractivity contribution in [2.75, 3.05) is 5.73 Å². The van der Waals surface area contributed by atoms with E-state index >= 15 is 0 Å². The molecule has 12 heavy (non-hydrogen) atoms. The van der Waals surface area contributed by atoms with Crippen LogP contribution in [0.2, 0.25) is 0 Å². The summed E-state index contributed by atoms with van der Waals surface area (Å²) in [4.78, 5) is 3.81. The largest absolute Gasteiger partial charge is 0.384 e. The number of aromatic nitrogens is 1. The van der Waals surface area contributed by atoms with E-state index in [0.29, 0.717) is 11.5 Å². The molecule has 0 saturated heterocycles. The lowest BCUT2D eigenvalue weighted by Crippen LogP contribution is -1.93. The highest BCUT2D eigenvalue weighted by molar-refractivity contribution is 5.38. The monoisotopic (exact) mass is 163 g/mol. The number of anilines is 1. The van der Waals surface area contributed by atoms with Crippen LogP contribution in [-0.4, -0.2) is 4.98 Å². The number of nitrogen functional groups attached to an aromatic ring is 1. The zero-order valence-electron chi connectivity index (χ0n) is 7.63. The summed E-state index contributed by atoms with van der Waals surface area (Å²) in [5.41, 5.74) is 6.60. The van der Waals surface area contributed by atoms with Gasteiger partial charge in [0.1, 0.15) is 17.6 Å². The molecule has 0 aliphatic heterocycles. The third kappa shape index (κ3) is 2.59. The molecule has 0 atom stereocenters. The second-order valence-electron chi connectivity index (χ2n) is 2.01. The Labute approximate surface area is 72.8 Å². The number of hydrogen-bond donors (Lipinski definition) is 1. The minimum Gasteiger partial charge on any atom is -0.384 e. The number of nitrogens with two attached hydrogens (primary N) is 1. The average Bonchev–Trinajstić information content (AvgIpc) is 2.13. The normalized spacial score (nSPS) is 7.83. The Morgan fingerprint density at radius 3 is 2.42 bits per heavy atom. The lowest BCUT2D eigenvalue weighted by atomic mass is 10.2. The van der Waals surface area contributed by atoms with Crippen molar-refractivity contribution in [1.82, 2.24) is 4.98 Å². The third-order valence-corrected chi connectivity index (χ3v) is 1.22. The van der Waals surface area contributed by atoms with Crippen LogP contribution in [0.15, 0.2) is 12.1 Å². The third-order valence-electron chi connectivity index (χ3n) is 1.22. The number of nitriles is 1. The number of hydrogen-bond acceptors (Lipinski definition) is 3. The summed E-state index contributed by atoms with van der Waals surface area (Å²) in [5, 5.41) is 8.47. The Hall–Kier alpha value is -1.56. The van der Waals surface area contributed by atoms with Gasteiger partial charge < -0.3 is 5.73 Å². The van der Waals surface area contributed by atoms with E-state index in [1.165, 1.54) is 0 Å². The molecule has 0 aromatic carbocycles. The summed E-state index contributed by atoms with van der Waals surface area (Å²) in [6.07, 6.45) is 0. The molecule has 1 aromatic rings. The molecule has 0 amide bonds. The maximum Gasteiger partial charge on any atom is 0.145 e. The van der Waals surface area contributed by atoms with Crippen LogP contribution in [0, 0.1) is 18.3 Å². The number of rotatable bonds is 0. The van der Waals surface area contributed by atoms with E-state index in [1.807, 2.05) is 26.8 Å². The van der Waals surface area contributed by atoms with E-state index in [4.69, 9.17) is 11.0 Å². The van der Waals surface area contributed by atoms with Crippen molar-refractivity contribution in [2.45, 2.75) is 20.8 Å². The van der Waals surface area contributed by atoms with Crippen LogP contribution in [-0.2, 0) is 0 Å². The van der Waals surface area contributed by atoms with Gasteiger partial charge in [-0.15, -0.1) is 0 Å². The van der Waals surface area contributed by atoms with Crippen LogP contribution in [0.4, 0.5) is 5.82 Å². The Morgan fingerprint density at radius 1 is 1.42 bits per heavy atom. The van der Waals surface area contributed by atoms with Gasteiger partial charge in [-0.2, -0.15) is 5.26 Å². The molecule has 1 rings (SSSR count). The summed E-state index contributed by atoms with van der Waals surface area (Å²) in [7, 11) is 0. The van der Waals surface area contributed by atoms with E-state index in [9.17, 15) is 0 Å². The van der Waals surface area contributed by atoms with Gasteiger partial charge in [0.15, 0.2) is 0 Å². The molecular formula is C9H13N3. The summed E-state index contributed by atoms with van der Waals surface area (Å²) in [5.74, 6) is 0.391. The SMILES string of the molecule is CC.Cc1ccc(N)nc1C#N. The van der Waals surface area contributed by atoms with Gasteiger partial charge in [0.05, 0.1) is 0 Å². The van der Waals surface area contributed by atoms with Crippen molar-refractivity contribution >= 4 is 5.82 Å². The average molecular weight is 163 g/mol. The van der Waals surface area contributed by atoms with Gasteiger partial charge in [0, 0.05) is 0 Å². The molecule has 1 heterocycles. The number of nitrogens with zero attached hydrogens (tertiary/aromatic N) is 2. The van der Waals surface area contributed by atoms with Gasteiger partial charge >= 0.3 is 0 Å². The summed E-state index contributed by atoms with van der Waals surface area (Å²) < 4.78 is 0. The summed E-state index contributed by atoms with van der Waals surface area (Å²) >= 11 is 0. The second kappa shape index (κ2) is 5.14. The van der Waals surface area contributed by atoms with Crippen molar-refractivity contribution in [2.24, 2.45) is 0 Å². The van der Waals surface area contributed by atoms with Gasteiger partial charge in [-0.1, -0.05) is 19.9 Å². The highest BCUT2D eigenvalue weighted by Crippen LogP contribution is 2.05. The fourth-order valence-electron chi connectivity index (χ4n) is 0.657. The van der Waals surface area contributed by atoms with Crippen molar-refractivity contribution in [3.63, 3.8) is 0 Å². The number of pyridine rings is 1. The molecule has 0 unspecified atom stereocenters. The van der Waals surface area contributed by atoms with Gasteiger partial charge in [-0.3, -0.25) is 0 Å². The molecular weight excluding hydrogens is 150 g/mol. The Balaban J connectivity index is 0.000000561. The van der Waals surface area contributed by atoms with E-state index in [-0.39, 0.29) is 0 Å². The van der Waals surface area contributed by atoms with Crippen LogP contribution in [0.25, 0.3) is 0 Å². The topological polar surface area (TPSA) is 62.7 Å². The maximum absolute atomic E-state index is 8.47. The quantitative estimate of drug-likeness (QED) is 0.635. The fourth-order valence-corrected chi connectivity index (χ4v) is 0.657. The van der Waals surface area contributed by atoms with Crippen LogP contribution in [0.5, 0.6) is 0 Å². The Bertz CT molecular complexity index is 286. The molecule has 0 aliphatic carbocycles. The molecule has 3 nitrogen and oxygen atoms in total. The molecule has 0 radical (unpaired) electrons. The smallest absolute Gasteiger partial charge is 0.145 e. The first-order chi connectivity index (χ1) is 5.74. The highest BCUT2D eigenvalue weighted by Gasteiger charge is 1.96. The lowest BCUT2D eigenvalue weighted by molar-refractivity contribution is 1.22. The predicted molar refractivity (Wildman–Crippen MR) is 49.4 cm³/mol. The van der Waals surface area contributed by atoms with Gasteiger partial charge in [-0.25, -0.2) is 4.98 Å². The minimum atomic E-state index is 0.391. The highest BCUT2D eigenvalue weighted by atomic mass is 14.8. The van der Waals surface area contributed by atoms with E-state index in [2.05, 4.69) is 4.98 Å². The van der Waals surface area contributed by atoms with Gasteiger partial charge in [0.25, 0.3) is 0 Å². The van der Waals surface area contributed by atoms with Crippen molar-refractivity contribution < 1.29 is 0 Å². The fraction of sp³-hybridized carbons (Fsp3) is 0.333. The number of aryl methyl sites for hydroxylation is 1. The van der Waals surface area contributed by atoms with Crippen LogP contribution >= 0.6 is 0 Å². The van der Waals surface area contributed by atoms with Gasteiger partial charge in [0.2, 0.25) is 0 Å². The predicted octanol–water partition coefficient (Wildman–Crippen LogP) is 1.87. The second-order valence-corrected chi connectivity index (χ2v) is 2.01. The standard InChI is InChI=1S/C7H7N3.C2H6/c1-5-2-3-7(9)10-6(5)4-8;1-2/h2-3H,1H3,(H2,9,10);1-2H3. The van der Waals surface area contributed by atoms with Crippen LogP contribution < -0.4 is 5.73 Å². The molecule has 2 N–H and O–H groups in total. The van der Waals surface area contributed by atoms with Crippen molar-refractivity contribution in [1.29, 1.82) is 5.26 Å². The van der Waals surface area contributed by atoms with Crippen molar-refractivity contribution in [3.8, 4) is 6.07 Å². The zero-order chi connectivity index (χ0) is 9.56. The minimum absolute atomic E-state index is 0.391. The molecule has 64 valence electrons. The van der Waals surface area contributed by atoms with Crippen molar-refractivity contribution in [3.05, 3.63) is 23.4 Å². The Kier molecular flexibility index (Phi) is 4.47. The van der Waals surface area contributed by atoms with E-state index in [0.717, 1.165) is 5.56 Å². The molecule has 0 saturated carbocycles. The zero-order valence-corrected chi connectivity index (χ0v) is 7.63. The Morgan fingerprint density at radius 2 is 2.00 bits per heavy atom. The molecule has 0 fully saturated rings. The molecule has 3 heteroatoms. The molecule has 1 aromatic heterocycles. The van der Waals surface area contributed by atoms with Crippen LogP contribution in [0.3, 0.4) is 0 Å². The first-order valence-corrected chi connectivity index (χ1v) is 3.87. The molecule has 0 bridgehead atoms. The van der Waals surface area contributed by atoms with Gasteiger partial charge in [-0.05, 0) is 18.6 Å². The molecule has 0 spiro atoms. The first kappa shape index (κ1) is 10.4.